The van der Waals surface area contributed by atoms with Crippen LogP contribution in [0.2, 0.25) is 0 Å². The molecule has 0 radical (unpaired) electrons. The van der Waals surface area contributed by atoms with Crippen molar-refractivity contribution in [3.8, 4) is 5.75 Å². The van der Waals surface area contributed by atoms with E-state index in [0.717, 1.165) is 21.4 Å². The molecule has 32 heavy (non-hydrogen) atoms. The largest absolute Gasteiger partial charge is 0.506 e. The van der Waals surface area contributed by atoms with E-state index in [-0.39, 0.29) is 17.8 Å². The summed E-state index contributed by atoms with van der Waals surface area (Å²) >= 11 is 7.26. The maximum atomic E-state index is 10.6. The second-order valence-corrected chi connectivity index (χ2v) is 9.02. The summed E-state index contributed by atoms with van der Waals surface area (Å²) in [6.45, 7) is 2.07. The van der Waals surface area contributed by atoms with Gasteiger partial charge in [0.2, 0.25) is 0 Å². The molecule has 5 rings (SSSR count). The molecule has 0 bridgehead atoms. The first kappa shape index (κ1) is 20.6. The van der Waals surface area contributed by atoms with Gasteiger partial charge < -0.3 is 19.7 Å². The van der Waals surface area contributed by atoms with Gasteiger partial charge in [-0.3, -0.25) is 4.98 Å². The number of aromatic hydroxyl groups is 1. The maximum absolute atomic E-state index is 10.6. The highest BCUT2D eigenvalue weighted by Gasteiger charge is 2.43. The molecule has 160 valence electrons. The third-order valence-corrected chi connectivity index (χ3v) is 6.62. The van der Waals surface area contributed by atoms with Gasteiger partial charge in [-0.2, -0.15) is 0 Å². The summed E-state index contributed by atoms with van der Waals surface area (Å²) in [6.07, 6.45) is 1.76. The number of benzene rings is 2. The SMILES string of the molecule is Cc1ccc(Sc2ccc(C3C(c4ccccn4)NC(=S)N3c3ccccc3O)o2)cc1. The topological polar surface area (TPSA) is 61.5 Å². The fraction of sp³-hybridized carbons (Fsp3) is 0.120. The zero-order chi connectivity index (χ0) is 22.1. The van der Waals surface area contributed by atoms with Crippen LogP contribution in [0.4, 0.5) is 5.69 Å². The summed E-state index contributed by atoms with van der Waals surface area (Å²) in [5.41, 5.74) is 2.69. The van der Waals surface area contributed by atoms with E-state index < -0.39 is 0 Å². The van der Waals surface area contributed by atoms with E-state index in [1.165, 1.54) is 5.56 Å². The minimum atomic E-state index is -0.307. The lowest BCUT2D eigenvalue weighted by Gasteiger charge is -2.26. The predicted octanol–water partition coefficient (Wildman–Crippen LogP) is 6.02. The van der Waals surface area contributed by atoms with Crippen LogP contribution in [-0.4, -0.2) is 15.2 Å². The lowest BCUT2D eigenvalue weighted by atomic mass is 10.0. The van der Waals surface area contributed by atoms with Crippen LogP contribution in [0, 0.1) is 6.92 Å². The molecular formula is C25H21N3O2S2. The molecule has 2 aromatic heterocycles. The van der Waals surface area contributed by atoms with Gasteiger partial charge in [-0.25, -0.2) is 0 Å². The highest BCUT2D eigenvalue weighted by molar-refractivity contribution is 7.99. The lowest BCUT2D eigenvalue weighted by molar-refractivity contribution is 0.382. The molecule has 2 aromatic carbocycles. The van der Waals surface area contributed by atoms with E-state index in [0.29, 0.717) is 10.8 Å². The number of aryl methyl sites for hydroxylation is 1. The van der Waals surface area contributed by atoms with Crippen molar-refractivity contribution in [3.05, 3.63) is 102 Å². The van der Waals surface area contributed by atoms with Crippen molar-refractivity contribution < 1.29 is 9.52 Å². The smallest absolute Gasteiger partial charge is 0.174 e. The molecule has 2 N–H and O–H groups in total. The first-order chi connectivity index (χ1) is 15.6. The van der Waals surface area contributed by atoms with Gasteiger partial charge in [-0.05, 0) is 67.7 Å². The van der Waals surface area contributed by atoms with Gasteiger partial charge in [0.25, 0.3) is 0 Å². The van der Waals surface area contributed by atoms with Gasteiger partial charge in [0.15, 0.2) is 10.2 Å². The number of aromatic nitrogens is 1. The summed E-state index contributed by atoms with van der Waals surface area (Å²) in [4.78, 5) is 7.56. The normalized spacial score (nSPS) is 18.0. The first-order valence-corrected chi connectivity index (χ1v) is 11.5. The molecule has 0 spiro atoms. The Morgan fingerprint density at radius 1 is 1.00 bits per heavy atom. The number of hydrogen-bond donors (Lipinski definition) is 2. The van der Waals surface area contributed by atoms with Crippen LogP contribution >= 0.6 is 24.0 Å². The number of rotatable bonds is 5. The Morgan fingerprint density at radius 3 is 2.53 bits per heavy atom. The van der Waals surface area contributed by atoms with Crippen LogP contribution in [0.25, 0.3) is 0 Å². The Balaban J connectivity index is 1.54. The van der Waals surface area contributed by atoms with E-state index in [9.17, 15) is 5.11 Å². The van der Waals surface area contributed by atoms with Crippen molar-refractivity contribution >= 4 is 34.8 Å². The lowest BCUT2D eigenvalue weighted by Crippen LogP contribution is -2.29. The summed E-state index contributed by atoms with van der Waals surface area (Å²) in [5.74, 6) is 0.898. The quantitative estimate of drug-likeness (QED) is 0.354. The zero-order valence-electron chi connectivity index (χ0n) is 17.3. The highest BCUT2D eigenvalue weighted by Crippen LogP contribution is 2.45. The number of nitrogens with zero attached hydrogens (tertiary/aromatic N) is 2. The molecule has 3 heterocycles. The number of hydrogen-bond acceptors (Lipinski definition) is 5. The van der Waals surface area contributed by atoms with Gasteiger partial charge in [0, 0.05) is 11.1 Å². The van der Waals surface area contributed by atoms with Gasteiger partial charge in [-0.1, -0.05) is 47.7 Å². The minimum absolute atomic E-state index is 0.157. The van der Waals surface area contributed by atoms with Gasteiger partial charge >= 0.3 is 0 Å². The predicted molar refractivity (Wildman–Crippen MR) is 130 cm³/mol. The van der Waals surface area contributed by atoms with E-state index >= 15 is 0 Å². The molecule has 0 saturated carbocycles. The van der Waals surface area contributed by atoms with Gasteiger partial charge in [-0.15, -0.1) is 0 Å². The van der Waals surface area contributed by atoms with Crippen LogP contribution in [0.3, 0.4) is 0 Å². The van der Waals surface area contributed by atoms with Gasteiger partial charge in [0.05, 0.1) is 17.4 Å². The van der Waals surface area contributed by atoms with Crippen LogP contribution in [0.15, 0.2) is 99.5 Å². The van der Waals surface area contributed by atoms with Crippen LogP contribution in [-0.2, 0) is 0 Å². The Hall–Kier alpha value is -3.29. The number of nitrogens with one attached hydrogen (secondary N) is 1. The molecule has 1 aliphatic heterocycles. The third kappa shape index (κ3) is 3.97. The number of pyridine rings is 1. The molecule has 1 fully saturated rings. The Bertz CT molecular complexity index is 1240. The number of thiocarbonyl (C=S) groups is 1. The molecule has 1 aliphatic rings. The second-order valence-electron chi connectivity index (χ2n) is 7.56. The second kappa shape index (κ2) is 8.68. The molecule has 4 aromatic rings. The number of phenolic OH excluding ortho intramolecular Hbond substituents is 1. The zero-order valence-corrected chi connectivity index (χ0v) is 18.9. The molecule has 5 nitrogen and oxygen atoms in total. The number of para-hydroxylation sites is 2. The summed E-state index contributed by atoms with van der Waals surface area (Å²) in [6, 6.07) is 24.7. The van der Waals surface area contributed by atoms with Crippen molar-refractivity contribution in [3.63, 3.8) is 0 Å². The van der Waals surface area contributed by atoms with Crippen LogP contribution in [0.1, 0.15) is 29.1 Å². The monoisotopic (exact) mass is 459 g/mol. The Labute approximate surface area is 196 Å². The molecule has 1 saturated heterocycles. The van der Waals surface area contributed by atoms with E-state index in [1.807, 2.05) is 47.4 Å². The first-order valence-electron chi connectivity index (χ1n) is 10.2. The van der Waals surface area contributed by atoms with E-state index in [2.05, 4.69) is 41.5 Å². The fourth-order valence-corrected chi connectivity index (χ4v) is 4.96. The molecule has 2 unspecified atom stereocenters. The van der Waals surface area contributed by atoms with Crippen molar-refractivity contribution in [2.75, 3.05) is 4.90 Å². The highest BCUT2D eigenvalue weighted by atomic mass is 32.2. The fourth-order valence-electron chi connectivity index (χ4n) is 3.84. The van der Waals surface area contributed by atoms with Gasteiger partial charge in [0.1, 0.15) is 17.6 Å². The van der Waals surface area contributed by atoms with Crippen molar-refractivity contribution in [2.24, 2.45) is 0 Å². The third-order valence-electron chi connectivity index (χ3n) is 5.37. The van der Waals surface area contributed by atoms with E-state index in [4.69, 9.17) is 16.6 Å². The minimum Gasteiger partial charge on any atom is -0.506 e. The number of anilines is 1. The number of phenols is 1. The maximum Gasteiger partial charge on any atom is 0.174 e. The Morgan fingerprint density at radius 2 is 1.78 bits per heavy atom. The Kier molecular flexibility index (Phi) is 5.59. The standard InChI is InChI=1S/C25H21N3O2S2/c1-16-9-11-17(12-10-16)32-22-14-13-21(30-22)24-23(18-6-4-5-15-26-18)27-25(31)28(24)19-7-2-3-8-20(19)29/h2-15,23-24,29H,1H3,(H,27,31). The van der Waals surface area contributed by atoms with Crippen LogP contribution in [0.5, 0.6) is 5.75 Å². The van der Waals surface area contributed by atoms with Crippen LogP contribution < -0.4 is 10.2 Å². The molecule has 0 amide bonds. The molecule has 7 heteroatoms. The van der Waals surface area contributed by atoms with Crippen molar-refractivity contribution in [1.29, 1.82) is 0 Å². The average Bonchev–Trinajstić information content (AvgIpc) is 3.40. The molecular weight excluding hydrogens is 438 g/mol. The van der Waals surface area contributed by atoms with Crippen molar-refractivity contribution in [1.82, 2.24) is 10.3 Å². The summed E-state index contributed by atoms with van der Waals surface area (Å²) < 4.78 is 6.31. The molecule has 0 aliphatic carbocycles. The molecule has 2 atom stereocenters. The summed E-state index contributed by atoms with van der Waals surface area (Å²) in [7, 11) is 0. The van der Waals surface area contributed by atoms with E-state index in [1.54, 1.807) is 30.1 Å². The average molecular weight is 460 g/mol. The summed E-state index contributed by atoms with van der Waals surface area (Å²) in [5, 5.41) is 15.2. The number of furan rings is 1. The van der Waals surface area contributed by atoms with Crippen molar-refractivity contribution in [2.45, 2.75) is 29.0 Å².